The zero-order chi connectivity index (χ0) is 23.5. The number of thioether (sulfide) groups is 1. The van der Waals surface area contributed by atoms with E-state index in [1.165, 1.54) is 27.3 Å². The summed E-state index contributed by atoms with van der Waals surface area (Å²) < 4.78 is 21.9. The highest BCUT2D eigenvalue weighted by Gasteiger charge is 2.21. The van der Waals surface area contributed by atoms with Crippen molar-refractivity contribution >= 4 is 47.5 Å². The molecule has 0 aliphatic carbocycles. The van der Waals surface area contributed by atoms with Gasteiger partial charge in [0.2, 0.25) is 5.91 Å². The third-order valence-electron chi connectivity index (χ3n) is 4.30. The summed E-state index contributed by atoms with van der Waals surface area (Å²) in [6.45, 7) is 1.68. The van der Waals surface area contributed by atoms with E-state index in [9.17, 15) is 23.6 Å². The number of carbonyl (C=O) groups excluding carboxylic acids is 2. The SMILES string of the molecule is COC(=O)CCNC(=O)C(C)Sc1cc(-n2c(=O)n(C)c(=S)n(C)c2=O)c(F)cc1Cl. The zero-order valence-electron chi connectivity index (χ0n) is 17.1. The highest BCUT2D eigenvalue weighted by molar-refractivity contribution is 8.00. The topological polar surface area (TPSA) is 104 Å². The number of benzene rings is 1. The normalized spacial score (nSPS) is 11.8. The van der Waals surface area contributed by atoms with E-state index in [4.69, 9.17) is 23.8 Å². The average Bonchev–Trinajstić information content (AvgIpc) is 2.73. The van der Waals surface area contributed by atoms with E-state index in [1.54, 1.807) is 6.92 Å². The molecule has 1 heterocycles. The van der Waals surface area contributed by atoms with E-state index < -0.39 is 28.4 Å². The molecule has 1 atom stereocenters. The van der Waals surface area contributed by atoms with Gasteiger partial charge in [-0.15, -0.1) is 11.8 Å². The summed E-state index contributed by atoms with van der Waals surface area (Å²) in [5.41, 5.74) is -1.96. The molecule has 0 fully saturated rings. The summed E-state index contributed by atoms with van der Waals surface area (Å²) in [6, 6.07) is 2.20. The summed E-state index contributed by atoms with van der Waals surface area (Å²) >= 11 is 12.2. The molecule has 2 rings (SSSR count). The summed E-state index contributed by atoms with van der Waals surface area (Å²) in [5, 5.41) is 1.92. The number of nitrogens with zero attached hydrogens (tertiary/aromatic N) is 3. The number of amides is 1. The van der Waals surface area contributed by atoms with Crippen molar-refractivity contribution in [3.05, 3.63) is 48.7 Å². The van der Waals surface area contributed by atoms with Crippen molar-refractivity contribution in [2.45, 2.75) is 23.5 Å². The number of aromatic nitrogens is 3. The molecular weight excluding hydrogens is 471 g/mol. The van der Waals surface area contributed by atoms with Gasteiger partial charge in [-0.1, -0.05) is 11.6 Å². The Labute approximate surface area is 190 Å². The number of halogens is 2. The molecule has 13 heteroatoms. The number of ether oxygens (including phenoxy) is 1. The van der Waals surface area contributed by atoms with Crippen LogP contribution in [0.25, 0.3) is 5.69 Å². The smallest absolute Gasteiger partial charge is 0.338 e. The predicted octanol–water partition coefficient (Wildman–Crippen LogP) is 1.56. The lowest BCUT2D eigenvalue weighted by molar-refractivity contribution is -0.140. The van der Waals surface area contributed by atoms with E-state index in [2.05, 4.69) is 10.1 Å². The quantitative estimate of drug-likeness (QED) is 0.357. The second kappa shape index (κ2) is 10.2. The molecule has 0 radical (unpaired) electrons. The van der Waals surface area contributed by atoms with Gasteiger partial charge in [-0.3, -0.25) is 18.7 Å². The molecule has 9 nitrogen and oxygen atoms in total. The molecular formula is C18H20ClFN4O5S2. The van der Waals surface area contributed by atoms with E-state index in [0.29, 0.717) is 4.57 Å². The number of hydrogen-bond donors (Lipinski definition) is 1. The lowest BCUT2D eigenvalue weighted by Crippen LogP contribution is -2.43. The van der Waals surface area contributed by atoms with Gasteiger partial charge in [-0.05, 0) is 31.3 Å². The second-order valence-corrected chi connectivity index (χ2v) is 8.57. The van der Waals surface area contributed by atoms with E-state index >= 15 is 0 Å². The Morgan fingerprint density at radius 2 is 1.84 bits per heavy atom. The number of hydrogen-bond acceptors (Lipinski definition) is 7. The Hall–Kier alpha value is -2.44. The van der Waals surface area contributed by atoms with Crippen molar-refractivity contribution in [2.24, 2.45) is 14.1 Å². The van der Waals surface area contributed by atoms with Crippen LogP contribution in [-0.4, -0.2) is 44.5 Å². The lowest BCUT2D eigenvalue weighted by atomic mass is 10.3. The van der Waals surface area contributed by atoms with Crippen LogP contribution in [0.3, 0.4) is 0 Å². The summed E-state index contributed by atoms with van der Waals surface area (Å²) in [7, 11) is 3.98. The number of rotatable bonds is 7. The van der Waals surface area contributed by atoms with Crippen LogP contribution >= 0.6 is 35.6 Å². The molecule has 1 N–H and O–H groups in total. The molecule has 1 amide bonds. The van der Waals surface area contributed by atoms with Crippen LogP contribution in [0, 0.1) is 10.6 Å². The Bertz CT molecular complexity index is 1170. The van der Waals surface area contributed by atoms with Crippen molar-refractivity contribution in [3.8, 4) is 5.69 Å². The Morgan fingerprint density at radius 1 is 1.26 bits per heavy atom. The van der Waals surface area contributed by atoms with Crippen LogP contribution < -0.4 is 16.7 Å². The summed E-state index contributed by atoms with van der Waals surface area (Å²) in [6.07, 6.45) is 0.0170. The third-order valence-corrected chi connectivity index (χ3v) is 6.43. The van der Waals surface area contributed by atoms with Gasteiger partial charge < -0.3 is 10.1 Å². The molecule has 0 spiro atoms. The van der Waals surface area contributed by atoms with Gasteiger partial charge in [-0.2, -0.15) is 0 Å². The predicted molar refractivity (Wildman–Crippen MR) is 117 cm³/mol. The molecule has 31 heavy (non-hydrogen) atoms. The molecule has 1 aromatic heterocycles. The van der Waals surface area contributed by atoms with Crippen molar-refractivity contribution in [2.75, 3.05) is 13.7 Å². The van der Waals surface area contributed by atoms with Gasteiger partial charge in [0.1, 0.15) is 5.82 Å². The van der Waals surface area contributed by atoms with Crippen molar-refractivity contribution < 1.29 is 18.7 Å². The Kier molecular flexibility index (Phi) is 8.21. The first kappa shape index (κ1) is 24.8. The maximum atomic E-state index is 14.7. The monoisotopic (exact) mass is 490 g/mol. The Morgan fingerprint density at radius 3 is 2.39 bits per heavy atom. The van der Waals surface area contributed by atoms with Crippen LogP contribution in [0.2, 0.25) is 5.02 Å². The summed E-state index contributed by atoms with van der Waals surface area (Å²) in [4.78, 5) is 48.8. The number of nitrogens with one attached hydrogen (secondary N) is 1. The van der Waals surface area contributed by atoms with E-state index in [1.807, 2.05) is 0 Å². The van der Waals surface area contributed by atoms with E-state index in [-0.39, 0.29) is 39.2 Å². The molecule has 0 aliphatic rings. The number of carbonyl (C=O) groups is 2. The van der Waals surface area contributed by atoms with Gasteiger partial charge in [0.05, 0.1) is 29.5 Å². The molecule has 2 aromatic rings. The third kappa shape index (κ3) is 5.43. The van der Waals surface area contributed by atoms with E-state index in [0.717, 1.165) is 27.0 Å². The standard InChI is InChI=1S/C18H20ClFN4O5S2/c1-9(15(26)21-6-5-14(25)29-4)31-13-8-12(11(20)7-10(13)19)24-16(27)22(2)18(30)23(3)17(24)28/h7-9H,5-6H2,1-4H3,(H,21,26). The van der Waals surface area contributed by atoms with Gasteiger partial charge in [0.15, 0.2) is 4.77 Å². The molecule has 0 saturated heterocycles. The van der Waals surface area contributed by atoms with Crippen LogP contribution in [0.4, 0.5) is 4.39 Å². The maximum absolute atomic E-state index is 14.7. The molecule has 1 aromatic carbocycles. The molecule has 1 unspecified atom stereocenters. The lowest BCUT2D eigenvalue weighted by Gasteiger charge is -2.15. The molecule has 0 aliphatic heterocycles. The minimum Gasteiger partial charge on any atom is -0.469 e. The van der Waals surface area contributed by atoms with Crippen LogP contribution in [0.5, 0.6) is 0 Å². The molecule has 0 bridgehead atoms. The highest BCUT2D eigenvalue weighted by Crippen LogP contribution is 2.33. The summed E-state index contributed by atoms with van der Waals surface area (Å²) in [5.74, 6) is -1.73. The number of esters is 1. The maximum Gasteiger partial charge on any atom is 0.338 e. The van der Waals surface area contributed by atoms with Crippen molar-refractivity contribution in [1.29, 1.82) is 0 Å². The largest absolute Gasteiger partial charge is 0.469 e. The van der Waals surface area contributed by atoms with Gasteiger partial charge in [0, 0.05) is 25.5 Å². The average molecular weight is 491 g/mol. The number of methoxy groups -OCH3 is 1. The van der Waals surface area contributed by atoms with Gasteiger partial charge in [-0.25, -0.2) is 18.5 Å². The van der Waals surface area contributed by atoms with Crippen LogP contribution in [0.1, 0.15) is 13.3 Å². The zero-order valence-corrected chi connectivity index (χ0v) is 19.5. The van der Waals surface area contributed by atoms with Crippen LogP contribution in [0.15, 0.2) is 26.6 Å². The molecule has 168 valence electrons. The highest BCUT2D eigenvalue weighted by atomic mass is 35.5. The second-order valence-electron chi connectivity index (χ2n) is 6.41. The first-order valence-corrected chi connectivity index (χ1v) is 10.6. The van der Waals surface area contributed by atoms with Crippen molar-refractivity contribution in [3.63, 3.8) is 0 Å². The first-order valence-electron chi connectivity index (χ1n) is 8.89. The fraction of sp³-hybridized carbons (Fsp3) is 0.389. The van der Waals surface area contributed by atoms with Crippen LogP contribution in [-0.2, 0) is 28.4 Å². The van der Waals surface area contributed by atoms with Gasteiger partial charge >= 0.3 is 17.3 Å². The molecule has 0 saturated carbocycles. The van der Waals surface area contributed by atoms with Gasteiger partial charge in [0.25, 0.3) is 0 Å². The fourth-order valence-corrected chi connectivity index (χ4v) is 3.90. The minimum atomic E-state index is -0.888. The first-order chi connectivity index (χ1) is 14.5. The fourth-order valence-electron chi connectivity index (χ4n) is 2.53. The minimum absolute atomic E-state index is 0.00889. The van der Waals surface area contributed by atoms with Crippen molar-refractivity contribution in [1.82, 2.24) is 19.0 Å². The Balaban J connectivity index is 2.38.